The normalized spacial score (nSPS) is 10.6. The lowest BCUT2D eigenvalue weighted by atomic mass is 10.1. The summed E-state index contributed by atoms with van der Waals surface area (Å²) in [5.41, 5.74) is 6.42. The molecule has 0 radical (unpaired) electrons. The third-order valence-corrected chi connectivity index (χ3v) is 2.09. The SMILES string of the molecule is COc1ccc(C(=N)N)cc1COCC(F)F. The molecule has 6 heteroatoms. The smallest absolute Gasteiger partial charge is 0.261 e. The lowest BCUT2D eigenvalue weighted by Gasteiger charge is -2.10. The molecule has 1 aromatic carbocycles. The standard InChI is InChI=1S/C11H14F2N2O2/c1-16-9-3-2-7(11(14)15)4-8(9)5-17-6-10(12)13/h2-4,10H,5-6H2,1H3,(H3,14,15). The average molecular weight is 244 g/mol. The lowest BCUT2D eigenvalue weighted by Crippen LogP contribution is -2.12. The minimum atomic E-state index is -2.50. The van der Waals surface area contributed by atoms with Gasteiger partial charge in [-0.3, -0.25) is 5.41 Å². The molecule has 94 valence electrons. The van der Waals surface area contributed by atoms with Gasteiger partial charge in [0.25, 0.3) is 6.43 Å². The van der Waals surface area contributed by atoms with Crippen LogP contribution in [0.1, 0.15) is 11.1 Å². The van der Waals surface area contributed by atoms with Crippen LogP contribution in [0.2, 0.25) is 0 Å². The number of nitrogens with two attached hydrogens (primary N) is 1. The number of methoxy groups -OCH3 is 1. The van der Waals surface area contributed by atoms with Gasteiger partial charge in [-0.1, -0.05) is 0 Å². The third-order valence-electron chi connectivity index (χ3n) is 2.09. The quantitative estimate of drug-likeness (QED) is 0.591. The number of rotatable bonds is 6. The molecule has 3 N–H and O–H groups in total. The summed E-state index contributed by atoms with van der Waals surface area (Å²) < 4.78 is 33.7. The van der Waals surface area contributed by atoms with E-state index in [9.17, 15) is 8.78 Å². The van der Waals surface area contributed by atoms with Crippen LogP contribution in [0, 0.1) is 5.41 Å². The molecule has 0 spiro atoms. The van der Waals surface area contributed by atoms with Gasteiger partial charge in [-0.25, -0.2) is 8.78 Å². The number of halogens is 2. The van der Waals surface area contributed by atoms with Crippen LogP contribution in [-0.2, 0) is 11.3 Å². The Labute approximate surface area is 97.8 Å². The largest absolute Gasteiger partial charge is 0.496 e. The Balaban J connectivity index is 2.79. The van der Waals surface area contributed by atoms with Gasteiger partial charge < -0.3 is 15.2 Å². The number of nitrogens with one attached hydrogen (secondary N) is 1. The van der Waals surface area contributed by atoms with Crippen molar-refractivity contribution in [3.05, 3.63) is 29.3 Å². The molecule has 0 fully saturated rings. The second-order valence-corrected chi connectivity index (χ2v) is 3.35. The first-order valence-electron chi connectivity index (χ1n) is 4.91. The van der Waals surface area contributed by atoms with E-state index in [4.69, 9.17) is 20.6 Å². The van der Waals surface area contributed by atoms with Gasteiger partial charge in [-0.05, 0) is 18.2 Å². The van der Waals surface area contributed by atoms with Crippen molar-refractivity contribution in [3.63, 3.8) is 0 Å². The zero-order chi connectivity index (χ0) is 12.8. The summed E-state index contributed by atoms with van der Waals surface area (Å²) in [6.45, 7) is -0.637. The Kier molecular flexibility index (Phi) is 4.84. The van der Waals surface area contributed by atoms with E-state index in [0.29, 0.717) is 16.9 Å². The van der Waals surface area contributed by atoms with Crippen LogP contribution in [0.25, 0.3) is 0 Å². The molecule has 0 saturated heterocycles. The number of hydrogen-bond acceptors (Lipinski definition) is 3. The maximum absolute atomic E-state index is 11.9. The average Bonchev–Trinajstić information content (AvgIpc) is 2.28. The first kappa shape index (κ1) is 13.4. The number of nitrogen functional groups attached to an aromatic ring is 1. The maximum atomic E-state index is 11.9. The summed E-state index contributed by atoms with van der Waals surface area (Å²) in [6, 6.07) is 4.84. The molecule has 0 heterocycles. The number of benzene rings is 1. The molecular formula is C11H14F2N2O2. The number of amidine groups is 1. The summed E-state index contributed by atoms with van der Waals surface area (Å²) in [6.07, 6.45) is -2.50. The van der Waals surface area contributed by atoms with Gasteiger partial charge in [0, 0.05) is 11.1 Å². The van der Waals surface area contributed by atoms with Crippen LogP contribution < -0.4 is 10.5 Å². The predicted molar refractivity (Wildman–Crippen MR) is 59.7 cm³/mol. The van der Waals surface area contributed by atoms with Crippen LogP contribution in [0.5, 0.6) is 5.75 Å². The maximum Gasteiger partial charge on any atom is 0.261 e. The van der Waals surface area contributed by atoms with Crippen LogP contribution in [0.3, 0.4) is 0 Å². The monoisotopic (exact) mass is 244 g/mol. The van der Waals surface area contributed by atoms with E-state index >= 15 is 0 Å². The Bertz CT molecular complexity index is 397. The molecule has 0 bridgehead atoms. The number of ether oxygens (including phenoxy) is 2. The molecule has 17 heavy (non-hydrogen) atoms. The molecule has 0 unspecified atom stereocenters. The van der Waals surface area contributed by atoms with Crippen molar-refractivity contribution in [2.24, 2.45) is 5.73 Å². The van der Waals surface area contributed by atoms with E-state index in [1.165, 1.54) is 7.11 Å². The Hall–Kier alpha value is -1.69. The van der Waals surface area contributed by atoms with Crippen molar-refractivity contribution in [3.8, 4) is 5.75 Å². The fourth-order valence-electron chi connectivity index (χ4n) is 1.32. The van der Waals surface area contributed by atoms with Gasteiger partial charge >= 0.3 is 0 Å². The van der Waals surface area contributed by atoms with Crippen LogP contribution in [0.15, 0.2) is 18.2 Å². The van der Waals surface area contributed by atoms with E-state index in [1.807, 2.05) is 0 Å². The van der Waals surface area contributed by atoms with Gasteiger partial charge in [-0.2, -0.15) is 0 Å². The van der Waals surface area contributed by atoms with Crippen molar-refractivity contribution in [1.82, 2.24) is 0 Å². The summed E-state index contributed by atoms with van der Waals surface area (Å²) in [7, 11) is 1.47. The van der Waals surface area contributed by atoms with E-state index < -0.39 is 13.0 Å². The minimum Gasteiger partial charge on any atom is -0.496 e. The summed E-state index contributed by atoms with van der Waals surface area (Å²) in [5, 5.41) is 7.28. The van der Waals surface area contributed by atoms with Gasteiger partial charge in [-0.15, -0.1) is 0 Å². The Morgan fingerprint density at radius 2 is 2.18 bits per heavy atom. The molecule has 0 saturated carbocycles. The molecule has 1 rings (SSSR count). The topological polar surface area (TPSA) is 68.3 Å². The third kappa shape index (κ3) is 3.99. The second kappa shape index (κ2) is 6.15. The molecule has 0 aliphatic heterocycles. The summed E-state index contributed by atoms with van der Waals surface area (Å²) >= 11 is 0. The number of hydrogen-bond donors (Lipinski definition) is 2. The van der Waals surface area contributed by atoms with Crippen LogP contribution in [-0.4, -0.2) is 26.0 Å². The molecule has 1 aromatic rings. The predicted octanol–water partition coefficient (Wildman–Crippen LogP) is 1.76. The van der Waals surface area contributed by atoms with E-state index in [0.717, 1.165) is 0 Å². The number of alkyl halides is 2. The van der Waals surface area contributed by atoms with Gasteiger partial charge in [0.15, 0.2) is 0 Å². The zero-order valence-corrected chi connectivity index (χ0v) is 9.37. The van der Waals surface area contributed by atoms with Crippen molar-refractivity contribution in [2.75, 3.05) is 13.7 Å². The fraction of sp³-hybridized carbons (Fsp3) is 0.364. The lowest BCUT2D eigenvalue weighted by molar-refractivity contribution is 0.00932. The second-order valence-electron chi connectivity index (χ2n) is 3.35. The first-order valence-corrected chi connectivity index (χ1v) is 4.91. The molecule has 0 aliphatic carbocycles. The van der Waals surface area contributed by atoms with Crippen LogP contribution >= 0.6 is 0 Å². The highest BCUT2D eigenvalue weighted by Gasteiger charge is 2.08. The molecule has 0 aromatic heterocycles. The van der Waals surface area contributed by atoms with Crippen molar-refractivity contribution in [1.29, 1.82) is 5.41 Å². The highest BCUT2D eigenvalue weighted by atomic mass is 19.3. The van der Waals surface area contributed by atoms with Crippen molar-refractivity contribution in [2.45, 2.75) is 13.0 Å². The Morgan fingerprint density at radius 1 is 1.47 bits per heavy atom. The fourth-order valence-corrected chi connectivity index (χ4v) is 1.32. The molecular weight excluding hydrogens is 230 g/mol. The highest BCUT2D eigenvalue weighted by molar-refractivity contribution is 5.95. The summed E-state index contributed by atoms with van der Waals surface area (Å²) in [5.74, 6) is 0.423. The van der Waals surface area contributed by atoms with Crippen molar-refractivity contribution >= 4 is 5.84 Å². The van der Waals surface area contributed by atoms with Gasteiger partial charge in [0.1, 0.15) is 18.2 Å². The van der Waals surface area contributed by atoms with Gasteiger partial charge in [0.2, 0.25) is 0 Å². The highest BCUT2D eigenvalue weighted by Crippen LogP contribution is 2.20. The molecule has 0 atom stereocenters. The van der Waals surface area contributed by atoms with E-state index in [2.05, 4.69) is 0 Å². The zero-order valence-electron chi connectivity index (χ0n) is 9.37. The molecule has 4 nitrogen and oxygen atoms in total. The minimum absolute atomic E-state index is 0.00532. The van der Waals surface area contributed by atoms with E-state index in [1.54, 1.807) is 18.2 Å². The van der Waals surface area contributed by atoms with Crippen molar-refractivity contribution < 1.29 is 18.3 Å². The van der Waals surface area contributed by atoms with E-state index in [-0.39, 0.29) is 12.4 Å². The Morgan fingerprint density at radius 3 is 2.71 bits per heavy atom. The first-order chi connectivity index (χ1) is 8.04. The van der Waals surface area contributed by atoms with Crippen LogP contribution in [0.4, 0.5) is 8.78 Å². The molecule has 0 amide bonds. The molecule has 0 aliphatic rings. The van der Waals surface area contributed by atoms with Gasteiger partial charge in [0.05, 0.1) is 13.7 Å². The summed E-state index contributed by atoms with van der Waals surface area (Å²) in [4.78, 5) is 0.